The van der Waals surface area contributed by atoms with Gasteiger partial charge in [-0.3, -0.25) is 0 Å². The molecular formula is C21H28N4. The van der Waals surface area contributed by atoms with Gasteiger partial charge in [0, 0.05) is 30.6 Å². The van der Waals surface area contributed by atoms with E-state index in [1.54, 1.807) is 0 Å². The smallest absolute Gasteiger partial charge is 0.225 e. The van der Waals surface area contributed by atoms with E-state index in [4.69, 9.17) is 9.97 Å². The maximum absolute atomic E-state index is 4.88. The average molecular weight is 336 g/mol. The minimum atomic E-state index is 0.391. The molecule has 4 rings (SSSR count). The number of nitrogens with one attached hydrogen (secondary N) is 1. The molecule has 4 nitrogen and oxygen atoms in total. The molecule has 1 fully saturated rings. The van der Waals surface area contributed by atoms with E-state index >= 15 is 0 Å². The highest BCUT2D eigenvalue weighted by atomic mass is 15.3. The van der Waals surface area contributed by atoms with Crippen molar-refractivity contribution in [3.63, 3.8) is 0 Å². The van der Waals surface area contributed by atoms with Crippen LogP contribution >= 0.6 is 0 Å². The molecule has 1 saturated carbocycles. The second-order valence-corrected chi connectivity index (χ2v) is 7.65. The van der Waals surface area contributed by atoms with Crippen LogP contribution in [0.4, 0.5) is 11.8 Å². The molecule has 1 N–H and O–H groups in total. The fraction of sp³-hybridized carbons (Fsp3) is 0.524. The Bertz CT molecular complexity index is 753. The van der Waals surface area contributed by atoms with Crippen molar-refractivity contribution in [2.24, 2.45) is 0 Å². The van der Waals surface area contributed by atoms with Gasteiger partial charge in [0.2, 0.25) is 5.95 Å². The Labute approximate surface area is 150 Å². The zero-order valence-electron chi connectivity index (χ0n) is 15.5. The van der Waals surface area contributed by atoms with Crippen LogP contribution in [0.2, 0.25) is 0 Å². The fourth-order valence-electron chi connectivity index (χ4n) is 3.56. The standard InChI is InChI=1S/C21H28N4/c1-4-14(2)22-21-23-19(16-9-10-16)12-20(24-21)25-13-18-8-6-5-7-17(18)11-15(25)3/h5-8,12,14-16H,4,9-11,13H2,1-3H3,(H,22,23,24)/t14-,15+/m1/s1. The van der Waals surface area contributed by atoms with Gasteiger partial charge in [0.05, 0.1) is 5.69 Å². The van der Waals surface area contributed by atoms with Crippen molar-refractivity contribution in [1.82, 2.24) is 9.97 Å². The molecule has 0 radical (unpaired) electrons. The van der Waals surface area contributed by atoms with Crippen LogP contribution in [0.1, 0.15) is 62.8 Å². The molecule has 4 heteroatoms. The second-order valence-electron chi connectivity index (χ2n) is 7.65. The molecule has 0 amide bonds. The van der Waals surface area contributed by atoms with Gasteiger partial charge < -0.3 is 10.2 Å². The summed E-state index contributed by atoms with van der Waals surface area (Å²) in [6.07, 6.45) is 4.67. The number of aromatic nitrogens is 2. The molecular weight excluding hydrogens is 308 g/mol. The highest BCUT2D eigenvalue weighted by Gasteiger charge is 2.29. The van der Waals surface area contributed by atoms with Gasteiger partial charge in [-0.2, -0.15) is 4.98 Å². The molecule has 1 aliphatic heterocycles. The van der Waals surface area contributed by atoms with E-state index in [-0.39, 0.29) is 0 Å². The van der Waals surface area contributed by atoms with Crippen LogP contribution in [0, 0.1) is 0 Å². The van der Waals surface area contributed by atoms with E-state index < -0.39 is 0 Å². The predicted molar refractivity (Wildman–Crippen MR) is 103 cm³/mol. The van der Waals surface area contributed by atoms with E-state index in [0.717, 1.165) is 31.2 Å². The topological polar surface area (TPSA) is 41.1 Å². The van der Waals surface area contributed by atoms with Gasteiger partial charge >= 0.3 is 0 Å². The number of nitrogens with zero attached hydrogens (tertiary/aromatic N) is 3. The van der Waals surface area contributed by atoms with Crippen molar-refractivity contribution in [2.45, 2.75) is 71.0 Å². The lowest BCUT2D eigenvalue weighted by molar-refractivity contribution is 0.585. The van der Waals surface area contributed by atoms with Crippen molar-refractivity contribution in [2.75, 3.05) is 10.2 Å². The highest BCUT2D eigenvalue weighted by Crippen LogP contribution is 2.41. The Balaban J connectivity index is 1.66. The van der Waals surface area contributed by atoms with Gasteiger partial charge in [-0.25, -0.2) is 4.98 Å². The normalized spacial score (nSPS) is 20.9. The molecule has 2 heterocycles. The lowest BCUT2D eigenvalue weighted by Gasteiger charge is -2.36. The van der Waals surface area contributed by atoms with Gasteiger partial charge in [-0.15, -0.1) is 0 Å². The Morgan fingerprint density at radius 2 is 1.96 bits per heavy atom. The van der Waals surface area contributed by atoms with Crippen LogP contribution in [0.25, 0.3) is 0 Å². The lowest BCUT2D eigenvalue weighted by atomic mass is 9.95. The quantitative estimate of drug-likeness (QED) is 0.872. The van der Waals surface area contributed by atoms with E-state index in [1.807, 2.05) is 0 Å². The third kappa shape index (κ3) is 3.48. The monoisotopic (exact) mass is 336 g/mol. The van der Waals surface area contributed by atoms with Crippen LogP contribution in [0.15, 0.2) is 30.3 Å². The summed E-state index contributed by atoms with van der Waals surface area (Å²) < 4.78 is 0. The first-order chi connectivity index (χ1) is 12.1. The van der Waals surface area contributed by atoms with E-state index in [2.05, 4.69) is 61.3 Å². The van der Waals surface area contributed by atoms with E-state index in [1.165, 1.54) is 29.7 Å². The van der Waals surface area contributed by atoms with Crippen LogP contribution in [0.3, 0.4) is 0 Å². The lowest BCUT2D eigenvalue weighted by Crippen LogP contribution is -2.39. The van der Waals surface area contributed by atoms with Crippen molar-refractivity contribution in [3.8, 4) is 0 Å². The average Bonchev–Trinajstić information content (AvgIpc) is 3.46. The molecule has 2 aliphatic rings. The molecule has 0 saturated heterocycles. The van der Waals surface area contributed by atoms with Crippen LogP contribution < -0.4 is 10.2 Å². The van der Waals surface area contributed by atoms with Crippen molar-refractivity contribution >= 4 is 11.8 Å². The number of benzene rings is 1. The summed E-state index contributed by atoms with van der Waals surface area (Å²) in [6, 6.07) is 11.9. The first-order valence-electron chi connectivity index (χ1n) is 9.63. The highest BCUT2D eigenvalue weighted by molar-refractivity contribution is 5.50. The summed E-state index contributed by atoms with van der Waals surface area (Å²) in [5.74, 6) is 2.50. The number of anilines is 2. The SMILES string of the molecule is CC[C@@H](C)Nc1nc(C2CC2)cc(N2Cc3ccccc3C[C@@H]2C)n1. The summed E-state index contributed by atoms with van der Waals surface area (Å²) in [6.45, 7) is 7.61. The van der Waals surface area contributed by atoms with E-state index in [0.29, 0.717) is 18.0 Å². The van der Waals surface area contributed by atoms with Crippen LogP contribution in [-0.4, -0.2) is 22.1 Å². The Kier molecular flexibility index (Phi) is 4.36. The Morgan fingerprint density at radius 3 is 2.68 bits per heavy atom. The number of fused-ring (bicyclic) bond motifs is 1. The molecule has 0 bridgehead atoms. The minimum Gasteiger partial charge on any atom is -0.352 e. The van der Waals surface area contributed by atoms with Gasteiger partial charge in [0.15, 0.2) is 0 Å². The van der Waals surface area contributed by atoms with Gasteiger partial charge in [0.1, 0.15) is 5.82 Å². The van der Waals surface area contributed by atoms with Gasteiger partial charge in [0.25, 0.3) is 0 Å². The van der Waals surface area contributed by atoms with Crippen molar-refractivity contribution in [1.29, 1.82) is 0 Å². The predicted octanol–water partition coefficient (Wildman–Crippen LogP) is 4.52. The summed E-state index contributed by atoms with van der Waals surface area (Å²) in [5.41, 5.74) is 4.10. The van der Waals surface area contributed by atoms with Gasteiger partial charge in [-0.05, 0) is 50.7 Å². The summed E-state index contributed by atoms with van der Waals surface area (Å²) in [5, 5.41) is 3.48. The van der Waals surface area contributed by atoms with Crippen molar-refractivity contribution in [3.05, 3.63) is 47.2 Å². The summed E-state index contributed by atoms with van der Waals surface area (Å²) in [4.78, 5) is 12.1. The summed E-state index contributed by atoms with van der Waals surface area (Å²) in [7, 11) is 0. The molecule has 2 atom stereocenters. The molecule has 132 valence electrons. The largest absolute Gasteiger partial charge is 0.352 e. The molecule has 0 spiro atoms. The van der Waals surface area contributed by atoms with Gasteiger partial charge in [-0.1, -0.05) is 31.2 Å². The maximum atomic E-state index is 4.88. The molecule has 1 aromatic heterocycles. The van der Waals surface area contributed by atoms with E-state index in [9.17, 15) is 0 Å². The zero-order chi connectivity index (χ0) is 17.4. The maximum Gasteiger partial charge on any atom is 0.225 e. The molecule has 0 unspecified atom stereocenters. The second kappa shape index (κ2) is 6.66. The van der Waals surface area contributed by atoms with Crippen molar-refractivity contribution < 1.29 is 0 Å². The zero-order valence-corrected chi connectivity index (χ0v) is 15.5. The number of hydrogen-bond acceptors (Lipinski definition) is 4. The molecule has 2 aromatic rings. The van der Waals surface area contributed by atoms with Crippen LogP contribution in [-0.2, 0) is 13.0 Å². The first kappa shape index (κ1) is 16.4. The molecule has 1 aliphatic carbocycles. The van der Waals surface area contributed by atoms with Crippen LogP contribution in [0.5, 0.6) is 0 Å². The number of rotatable bonds is 5. The molecule has 25 heavy (non-hydrogen) atoms. The first-order valence-corrected chi connectivity index (χ1v) is 9.63. The third-order valence-corrected chi connectivity index (χ3v) is 5.52. The Hall–Kier alpha value is -2.10. The fourth-order valence-corrected chi connectivity index (χ4v) is 3.56. The minimum absolute atomic E-state index is 0.391. The summed E-state index contributed by atoms with van der Waals surface area (Å²) >= 11 is 0. The number of hydrogen-bond donors (Lipinski definition) is 1. The molecule has 1 aromatic carbocycles. The Morgan fingerprint density at radius 1 is 1.20 bits per heavy atom. The third-order valence-electron chi connectivity index (χ3n) is 5.52.